The molecule has 0 bridgehead atoms. The molecule has 1 aliphatic carbocycles. The average Bonchev–Trinajstić information content (AvgIpc) is 3.33. The third kappa shape index (κ3) is 13.5. The minimum absolute atomic E-state index is 0.0583. The highest BCUT2D eigenvalue weighted by atomic mass is 16.2. The number of carbonyl (C=O) groups is 4. The lowest BCUT2D eigenvalue weighted by molar-refractivity contribution is -0.120. The van der Waals surface area contributed by atoms with Gasteiger partial charge in [-0.25, -0.2) is 4.79 Å². The molecule has 268 valence electrons. The van der Waals surface area contributed by atoms with Crippen LogP contribution in [0.15, 0.2) is 48.5 Å². The van der Waals surface area contributed by atoms with E-state index in [-0.39, 0.29) is 5.91 Å². The summed E-state index contributed by atoms with van der Waals surface area (Å²) in [6, 6.07) is 14.6. The van der Waals surface area contributed by atoms with Crippen LogP contribution in [-0.2, 0) is 20.8 Å². The Labute approximate surface area is 292 Å². The first-order valence-corrected chi connectivity index (χ1v) is 18.2. The molecule has 2 heterocycles. The van der Waals surface area contributed by atoms with Crippen LogP contribution in [0.4, 0.5) is 21.9 Å². The van der Waals surface area contributed by atoms with E-state index >= 15 is 0 Å². The highest BCUT2D eigenvalue weighted by Crippen LogP contribution is 2.31. The molecule has 49 heavy (non-hydrogen) atoms. The summed E-state index contributed by atoms with van der Waals surface area (Å²) < 4.78 is 0. The molecule has 6 N–H and O–H groups in total. The Morgan fingerprint density at radius 3 is 2.37 bits per heavy atom. The third-order valence-corrected chi connectivity index (χ3v) is 9.82. The summed E-state index contributed by atoms with van der Waals surface area (Å²) in [5, 5.41) is 11.9. The van der Waals surface area contributed by atoms with Crippen molar-refractivity contribution in [1.29, 1.82) is 0 Å². The standard InChI is InChI=1S/C32H46N6O3.C6H11NO/c1-37-18-9-19-38(21-20-37)29-17-16-26(23-27(29)35-30(39)15-8-14-24-10-4-2-5-11-24)34-32(41)36-28(31(33)40)22-25-12-6-3-7-13-25;8-5-6-1-3-7-4-2-6/h2,4-5,10-11,16-17,23,25,28H,3,6-9,12-15,18-22H2,1H3,(H2,33,40)(H,35,39)(H2,34,36,41);5-7H,1-4H2. The minimum atomic E-state index is -0.713. The number of hydrogen-bond donors (Lipinski definition) is 5. The zero-order valence-corrected chi connectivity index (χ0v) is 29.3. The fourth-order valence-electron chi connectivity index (χ4n) is 6.90. The number of primary amides is 1. The van der Waals surface area contributed by atoms with E-state index in [1.807, 2.05) is 30.3 Å². The lowest BCUT2D eigenvalue weighted by Gasteiger charge is -2.27. The maximum atomic E-state index is 13.0. The van der Waals surface area contributed by atoms with Gasteiger partial charge in [0.1, 0.15) is 12.3 Å². The number of rotatable bonds is 12. The zero-order valence-electron chi connectivity index (χ0n) is 29.3. The summed E-state index contributed by atoms with van der Waals surface area (Å²) in [4.78, 5) is 52.8. The highest BCUT2D eigenvalue weighted by Gasteiger charge is 2.25. The normalized spacial score (nSPS) is 18.3. The van der Waals surface area contributed by atoms with E-state index in [1.54, 1.807) is 6.07 Å². The zero-order chi connectivity index (χ0) is 34.8. The molecule has 1 atom stereocenters. The molecule has 0 radical (unpaired) electrons. The number of benzene rings is 2. The second kappa shape index (κ2) is 20.5. The number of carbonyl (C=O) groups excluding carboxylic acids is 4. The first kappa shape index (κ1) is 37.9. The van der Waals surface area contributed by atoms with Gasteiger partial charge < -0.3 is 41.6 Å². The van der Waals surface area contributed by atoms with E-state index in [0.717, 1.165) is 109 Å². The van der Waals surface area contributed by atoms with E-state index < -0.39 is 18.0 Å². The van der Waals surface area contributed by atoms with E-state index in [0.29, 0.717) is 36.1 Å². The number of nitrogens with zero attached hydrogens (tertiary/aromatic N) is 2. The topological polar surface area (TPSA) is 149 Å². The molecule has 2 aliphatic heterocycles. The van der Waals surface area contributed by atoms with Gasteiger partial charge in [0.05, 0.1) is 11.4 Å². The van der Waals surface area contributed by atoms with Gasteiger partial charge in [0, 0.05) is 37.7 Å². The van der Waals surface area contributed by atoms with Crippen LogP contribution in [0.5, 0.6) is 0 Å². The number of aryl methyl sites for hydroxylation is 1. The fraction of sp³-hybridized carbons (Fsp3) is 0.579. The smallest absolute Gasteiger partial charge is 0.319 e. The number of nitrogens with one attached hydrogen (secondary N) is 4. The molecule has 2 aromatic carbocycles. The van der Waals surface area contributed by atoms with Crippen molar-refractivity contribution in [1.82, 2.24) is 15.5 Å². The average molecular weight is 676 g/mol. The molecule has 4 amide bonds. The van der Waals surface area contributed by atoms with Gasteiger partial charge in [-0.1, -0.05) is 62.4 Å². The van der Waals surface area contributed by atoms with Crippen molar-refractivity contribution >= 4 is 41.2 Å². The summed E-state index contributed by atoms with van der Waals surface area (Å²) in [6.07, 6.45) is 12.4. The van der Waals surface area contributed by atoms with Gasteiger partial charge in [-0.05, 0) is 94.9 Å². The number of amides is 4. The first-order chi connectivity index (χ1) is 23.8. The maximum absolute atomic E-state index is 13.0. The number of piperidine rings is 1. The number of aldehydes is 1. The Bertz CT molecular complexity index is 1330. The Hall–Kier alpha value is -3.96. The van der Waals surface area contributed by atoms with E-state index in [4.69, 9.17) is 5.73 Å². The van der Waals surface area contributed by atoms with Crippen molar-refractivity contribution in [3.8, 4) is 0 Å². The Morgan fingerprint density at radius 1 is 0.918 bits per heavy atom. The fourth-order valence-corrected chi connectivity index (χ4v) is 6.90. The van der Waals surface area contributed by atoms with Gasteiger partial charge in [0.2, 0.25) is 11.8 Å². The number of urea groups is 1. The van der Waals surface area contributed by atoms with Gasteiger partial charge >= 0.3 is 6.03 Å². The lowest BCUT2D eigenvalue weighted by Crippen LogP contribution is -2.47. The monoisotopic (exact) mass is 675 g/mol. The molecule has 11 nitrogen and oxygen atoms in total. The van der Waals surface area contributed by atoms with Gasteiger partial charge in [-0.15, -0.1) is 0 Å². The van der Waals surface area contributed by atoms with E-state index in [9.17, 15) is 19.2 Å². The molecule has 2 aromatic rings. The second-order valence-electron chi connectivity index (χ2n) is 13.8. The van der Waals surface area contributed by atoms with Gasteiger partial charge in [0.15, 0.2) is 0 Å². The summed E-state index contributed by atoms with van der Waals surface area (Å²) >= 11 is 0. The van der Waals surface area contributed by atoms with Gasteiger partial charge in [-0.3, -0.25) is 9.59 Å². The molecule has 11 heteroatoms. The van der Waals surface area contributed by atoms with Crippen molar-refractivity contribution in [2.75, 3.05) is 61.8 Å². The van der Waals surface area contributed by atoms with Crippen molar-refractivity contribution in [2.45, 2.75) is 83.1 Å². The van der Waals surface area contributed by atoms with Crippen molar-refractivity contribution < 1.29 is 19.2 Å². The molecule has 2 saturated heterocycles. The van der Waals surface area contributed by atoms with Crippen LogP contribution in [0, 0.1) is 11.8 Å². The molecular formula is C38H57N7O4. The molecule has 0 spiro atoms. The third-order valence-electron chi connectivity index (χ3n) is 9.82. The Balaban J connectivity index is 0.000000592. The largest absolute Gasteiger partial charge is 0.369 e. The number of nitrogens with two attached hydrogens (primary N) is 1. The first-order valence-electron chi connectivity index (χ1n) is 18.2. The molecule has 5 rings (SSSR count). The minimum Gasteiger partial charge on any atom is -0.369 e. The molecule has 1 unspecified atom stereocenters. The molecular weight excluding hydrogens is 618 g/mol. The molecule has 0 aromatic heterocycles. The SMILES string of the molecule is CN1CCCN(c2ccc(NC(=O)NC(CC3CCCCC3)C(N)=O)cc2NC(=O)CCCc2ccccc2)CC1.O=CC1CCNCC1. The molecule has 3 fully saturated rings. The predicted molar refractivity (Wildman–Crippen MR) is 197 cm³/mol. The molecule has 3 aliphatic rings. The Kier molecular flexibility index (Phi) is 15.9. The summed E-state index contributed by atoms with van der Waals surface area (Å²) in [5.74, 6) is 0.168. The van der Waals surface area contributed by atoms with Crippen molar-refractivity contribution in [3.63, 3.8) is 0 Å². The van der Waals surface area contributed by atoms with Gasteiger partial charge in [-0.2, -0.15) is 0 Å². The summed E-state index contributed by atoms with van der Waals surface area (Å²) in [5.41, 5.74) is 9.00. The van der Waals surface area contributed by atoms with Crippen LogP contribution < -0.4 is 31.9 Å². The summed E-state index contributed by atoms with van der Waals surface area (Å²) in [6.45, 7) is 5.73. The van der Waals surface area contributed by atoms with Crippen LogP contribution >= 0.6 is 0 Å². The van der Waals surface area contributed by atoms with Crippen LogP contribution in [0.2, 0.25) is 0 Å². The van der Waals surface area contributed by atoms with Crippen LogP contribution in [0.1, 0.15) is 76.2 Å². The number of likely N-dealkylation sites (N-methyl/N-ethyl adjacent to an activating group) is 1. The highest BCUT2D eigenvalue weighted by molar-refractivity contribution is 5.98. The predicted octanol–water partition coefficient (Wildman–Crippen LogP) is 4.92. The quantitative estimate of drug-likeness (QED) is 0.201. The second-order valence-corrected chi connectivity index (χ2v) is 13.8. The maximum Gasteiger partial charge on any atom is 0.319 e. The van der Waals surface area contributed by atoms with Crippen molar-refractivity contribution in [2.24, 2.45) is 17.6 Å². The van der Waals surface area contributed by atoms with Crippen LogP contribution in [-0.4, -0.2) is 81.4 Å². The number of anilines is 3. The van der Waals surface area contributed by atoms with Crippen LogP contribution in [0.25, 0.3) is 0 Å². The lowest BCUT2D eigenvalue weighted by atomic mass is 9.84. The molecule has 1 saturated carbocycles. The number of hydrogen-bond acceptors (Lipinski definition) is 7. The van der Waals surface area contributed by atoms with Crippen molar-refractivity contribution in [3.05, 3.63) is 54.1 Å². The Morgan fingerprint density at radius 2 is 1.67 bits per heavy atom. The van der Waals surface area contributed by atoms with E-state index in [2.05, 4.69) is 50.2 Å². The summed E-state index contributed by atoms with van der Waals surface area (Å²) in [7, 11) is 2.12. The van der Waals surface area contributed by atoms with E-state index in [1.165, 1.54) is 12.0 Å². The van der Waals surface area contributed by atoms with Crippen LogP contribution in [0.3, 0.4) is 0 Å². The van der Waals surface area contributed by atoms with Gasteiger partial charge in [0.25, 0.3) is 0 Å².